The normalized spacial score (nSPS) is 16.0. The van der Waals surface area contributed by atoms with Crippen molar-refractivity contribution in [3.63, 3.8) is 0 Å². The number of nitrogens with one attached hydrogen (secondary N) is 2. The first-order valence-corrected chi connectivity index (χ1v) is 6.14. The summed E-state index contributed by atoms with van der Waals surface area (Å²) in [4.78, 5) is 5.35. The van der Waals surface area contributed by atoms with Gasteiger partial charge in [0.15, 0.2) is 0 Å². The molecule has 2 rings (SSSR count). The summed E-state index contributed by atoms with van der Waals surface area (Å²) < 4.78 is 0. The van der Waals surface area contributed by atoms with E-state index in [0.29, 0.717) is 0 Å². The third-order valence-corrected chi connectivity index (χ3v) is 3.10. The third kappa shape index (κ3) is 3.74. The van der Waals surface area contributed by atoms with Gasteiger partial charge in [-0.1, -0.05) is 0 Å². The van der Waals surface area contributed by atoms with E-state index in [-0.39, 0.29) is 0 Å². The second-order valence-electron chi connectivity index (χ2n) is 3.73. The molecule has 1 aliphatic rings. The Morgan fingerprint density at radius 1 is 1.43 bits per heavy atom. The van der Waals surface area contributed by atoms with E-state index < -0.39 is 0 Å². The van der Waals surface area contributed by atoms with Gasteiger partial charge in [0.25, 0.3) is 0 Å². The Bertz CT molecular complexity index is 244. The van der Waals surface area contributed by atoms with Crippen LogP contribution < -0.4 is 10.6 Å². The van der Waals surface area contributed by atoms with Crippen LogP contribution in [0, 0.1) is 0 Å². The van der Waals surface area contributed by atoms with Gasteiger partial charge in [0.2, 0.25) is 0 Å². The zero-order valence-electron chi connectivity index (χ0n) is 8.33. The van der Waals surface area contributed by atoms with Gasteiger partial charge in [-0.2, -0.15) is 0 Å². The number of hydrogen-bond donors (Lipinski definition) is 2. The number of rotatable bonds is 7. The van der Waals surface area contributed by atoms with Crippen LogP contribution in [0.1, 0.15) is 24.1 Å². The zero-order chi connectivity index (χ0) is 9.64. The summed E-state index contributed by atoms with van der Waals surface area (Å²) in [6, 6.07) is 0.844. The van der Waals surface area contributed by atoms with Crippen LogP contribution in [0.15, 0.2) is 11.7 Å². The maximum Gasteiger partial charge on any atom is 0.0794 e. The monoisotopic (exact) mass is 211 g/mol. The molecule has 0 atom stereocenters. The van der Waals surface area contributed by atoms with Crippen molar-refractivity contribution >= 4 is 11.3 Å². The molecule has 0 aliphatic heterocycles. The fourth-order valence-corrected chi connectivity index (χ4v) is 1.91. The molecule has 2 N–H and O–H groups in total. The molecule has 1 aromatic heterocycles. The van der Waals surface area contributed by atoms with E-state index in [1.54, 1.807) is 11.3 Å². The fraction of sp³-hybridized carbons (Fsp3) is 0.700. The Balaban J connectivity index is 1.43. The number of thiazole rings is 1. The van der Waals surface area contributed by atoms with Crippen LogP contribution in [-0.2, 0) is 6.54 Å². The van der Waals surface area contributed by atoms with Crippen molar-refractivity contribution in [3.8, 4) is 0 Å². The minimum atomic E-state index is 0.844. The molecule has 0 bridgehead atoms. The molecule has 0 spiro atoms. The van der Waals surface area contributed by atoms with Gasteiger partial charge in [-0.05, 0) is 32.4 Å². The number of hydrogen-bond acceptors (Lipinski definition) is 4. The Kier molecular flexibility index (Phi) is 3.91. The van der Waals surface area contributed by atoms with Gasteiger partial charge < -0.3 is 10.6 Å². The van der Waals surface area contributed by atoms with Crippen LogP contribution in [0.2, 0.25) is 0 Å². The van der Waals surface area contributed by atoms with E-state index in [4.69, 9.17) is 0 Å². The SMILES string of the molecule is c1ncc(CNCCCNC2CC2)s1. The topological polar surface area (TPSA) is 37.0 Å². The molecule has 1 heterocycles. The van der Waals surface area contributed by atoms with E-state index in [1.807, 2.05) is 11.7 Å². The van der Waals surface area contributed by atoms with E-state index in [0.717, 1.165) is 25.7 Å². The van der Waals surface area contributed by atoms with Gasteiger partial charge in [-0.15, -0.1) is 11.3 Å². The molecule has 1 aromatic rings. The van der Waals surface area contributed by atoms with Crippen molar-refractivity contribution in [1.29, 1.82) is 0 Å². The first-order chi connectivity index (χ1) is 6.95. The Hall–Kier alpha value is -0.450. The van der Waals surface area contributed by atoms with E-state index in [9.17, 15) is 0 Å². The molecule has 0 amide bonds. The predicted molar refractivity (Wildman–Crippen MR) is 59.5 cm³/mol. The average molecular weight is 211 g/mol. The average Bonchev–Trinajstić information content (AvgIpc) is 2.87. The van der Waals surface area contributed by atoms with Gasteiger partial charge in [0.1, 0.15) is 0 Å². The minimum absolute atomic E-state index is 0.844. The highest BCUT2D eigenvalue weighted by Gasteiger charge is 2.19. The molecule has 3 nitrogen and oxygen atoms in total. The molecule has 0 aromatic carbocycles. The maximum absolute atomic E-state index is 4.03. The van der Waals surface area contributed by atoms with Crippen molar-refractivity contribution in [3.05, 3.63) is 16.6 Å². The third-order valence-electron chi connectivity index (χ3n) is 2.32. The van der Waals surface area contributed by atoms with Crippen LogP contribution in [-0.4, -0.2) is 24.1 Å². The van der Waals surface area contributed by atoms with Gasteiger partial charge in [0, 0.05) is 23.7 Å². The molecule has 14 heavy (non-hydrogen) atoms. The van der Waals surface area contributed by atoms with E-state index in [2.05, 4.69) is 15.6 Å². The Labute approximate surface area is 88.9 Å². The summed E-state index contributed by atoms with van der Waals surface area (Å²) in [5, 5.41) is 6.91. The van der Waals surface area contributed by atoms with Crippen LogP contribution in [0.25, 0.3) is 0 Å². The summed E-state index contributed by atoms with van der Waals surface area (Å²) in [5.74, 6) is 0. The molecule has 0 radical (unpaired) electrons. The molecular weight excluding hydrogens is 194 g/mol. The lowest BCUT2D eigenvalue weighted by molar-refractivity contribution is 0.595. The summed E-state index contributed by atoms with van der Waals surface area (Å²) in [7, 11) is 0. The van der Waals surface area contributed by atoms with Gasteiger partial charge in [-0.3, -0.25) is 4.98 Å². The lowest BCUT2D eigenvalue weighted by Gasteiger charge is -2.03. The molecular formula is C10H17N3S. The quantitative estimate of drug-likeness (QED) is 0.669. The summed E-state index contributed by atoms with van der Waals surface area (Å²) in [6.45, 7) is 3.21. The van der Waals surface area contributed by atoms with Crippen molar-refractivity contribution < 1.29 is 0 Å². The molecule has 0 saturated heterocycles. The van der Waals surface area contributed by atoms with Crippen LogP contribution in [0.3, 0.4) is 0 Å². The molecule has 1 fully saturated rings. The highest BCUT2D eigenvalue weighted by molar-refractivity contribution is 7.09. The lowest BCUT2D eigenvalue weighted by atomic mass is 10.4. The molecule has 0 unspecified atom stereocenters. The van der Waals surface area contributed by atoms with Crippen LogP contribution >= 0.6 is 11.3 Å². The number of nitrogens with zero attached hydrogens (tertiary/aromatic N) is 1. The Morgan fingerprint density at radius 2 is 2.36 bits per heavy atom. The zero-order valence-corrected chi connectivity index (χ0v) is 9.15. The lowest BCUT2D eigenvalue weighted by Crippen LogP contribution is -2.22. The smallest absolute Gasteiger partial charge is 0.0794 e. The summed E-state index contributed by atoms with van der Waals surface area (Å²) >= 11 is 1.71. The van der Waals surface area contributed by atoms with Crippen molar-refractivity contribution in [2.24, 2.45) is 0 Å². The Morgan fingerprint density at radius 3 is 3.07 bits per heavy atom. The first kappa shape index (κ1) is 10.1. The van der Waals surface area contributed by atoms with Crippen molar-refractivity contribution in [2.75, 3.05) is 13.1 Å². The largest absolute Gasteiger partial charge is 0.314 e. The molecule has 1 aliphatic carbocycles. The number of aromatic nitrogens is 1. The maximum atomic E-state index is 4.03. The van der Waals surface area contributed by atoms with Crippen molar-refractivity contribution in [1.82, 2.24) is 15.6 Å². The predicted octanol–water partition coefficient (Wildman–Crippen LogP) is 1.37. The highest BCUT2D eigenvalue weighted by Crippen LogP contribution is 2.18. The minimum Gasteiger partial charge on any atom is -0.314 e. The second kappa shape index (κ2) is 5.44. The summed E-state index contributed by atoms with van der Waals surface area (Å²) in [6.07, 6.45) is 5.91. The van der Waals surface area contributed by atoms with Crippen molar-refractivity contribution in [2.45, 2.75) is 31.8 Å². The fourth-order valence-electron chi connectivity index (χ4n) is 1.35. The highest BCUT2D eigenvalue weighted by atomic mass is 32.1. The van der Waals surface area contributed by atoms with Gasteiger partial charge in [-0.25, -0.2) is 0 Å². The van der Waals surface area contributed by atoms with E-state index in [1.165, 1.54) is 24.1 Å². The molecule has 1 saturated carbocycles. The van der Waals surface area contributed by atoms with Crippen LogP contribution in [0.5, 0.6) is 0 Å². The summed E-state index contributed by atoms with van der Waals surface area (Å²) in [5.41, 5.74) is 1.88. The van der Waals surface area contributed by atoms with E-state index >= 15 is 0 Å². The second-order valence-corrected chi connectivity index (χ2v) is 4.70. The molecule has 78 valence electrons. The molecule has 4 heteroatoms. The standard InChI is InChI=1S/C10H17N3S/c1(5-13-9-2-3-9)4-11-6-10-7-12-8-14-10/h7-9,11,13H,1-6H2. The first-order valence-electron chi connectivity index (χ1n) is 5.26. The van der Waals surface area contributed by atoms with Gasteiger partial charge >= 0.3 is 0 Å². The van der Waals surface area contributed by atoms with Gasteiger partial charge in [0.05, 0.1) is 5.51 Å². The van der Waals surface area contributed by atoms with Crippen LogP contribution in [0.4, 0.5) is 0 Å².